The average molecular weight is 278 g/mol. The van der Waals surface area contributed by atoms with E-state index in [1.54, 1.807) is 6.20 Å². The van der Waals surface area contributed by atoms with Gasteiger partial charge in [0.1, 0.15) is 5.82 Å². The van der Waals surface area contributed by atoms with Gasteiger partial charge < -0.3 is 10.6 Å². The van der Waals surface area contributed by atoms with Gasteiger partial charge in [0.15, 0.2) is 0 Å². The van der Waals surface area contributed by atoms with Gasteiger partial charge in [-0.3, -0.25) is 4.79 Å². The predicted octanol–water partition coefficient (Wildman–Crippen LogP) is 2.26. The predicted molar refractivity (Wildman–Crippen MR) is 80.5 cm³/mol. The molecule has 0 atom stereocenters. The third-order valence-electron chi connectivity index (χ3n) is 3.76. The number of amides is 1. The van der Waals surface area contributed by atoms with E-state index in [0.29, 0.717) is 18.3 Å². The fraction of sp³-hybridized carbons (Fsp3) is 0.733. The van der Waals surface area contributed by atoms with Crippen molar-refractivity contribution in [3.8, 4) is 0 Å². The normalized spacial score (nSPS) is 16.6. The van der Waals surface area contributed by atoms with Crippen molar-refractivity contribution < 1.29 is 4.79 Å². The molecular weight excluding hydrogens is 252 g/mol. The minimum Gasteiger partial charge on any atom is -0.317 e. The van der Waals surface area contributed by atoms with Gasteiger partial charge in [-0.1, -0.05) is 13.8 Å². The monoisotopic (exact) mass is 278 g/mol. The fourth-order valence-electron chi connectivity index (χ4n) is 2.64. The van der Waals surface area contributed by atoms with Crippen LogP contribution in [0, 0.1) is 11.8 Å². The molecule has 1 fully saturated rings. The Kier molecular flexibility index (Phi) is 5.59. The molecule has 1 amide bonds. The molecule has 5 nitrogen and oxygen atoms in total. The summed E-state index contributed by atoms with van der Waals surface area (Å²) in [7, 11) is 0. The third-order valence-corrected chi connectivity index (χ3v) is 3.76. The molecule has 2 heterocycles. The zero-order chi connectivity index (χ0) is 14.4. The number of nitrogens with zero attached hydrogens (tertiary/aromatic N) is 2. The minimum atomic E-state index is 0.106. The van der Waals surface area contributed by atoms with E-state index in [9.17, 15) is 4.79 Å². The number of carbonyl (C=O) groups excluding carboxylic acids is 1. The summed E-state index contributed by atoms with van der Waals surface area (Å²) in [6.45, 7) is 7.30. The number of nitrogens with one attached hydrogen (secondary N) is 2. The number of carbonyl (C=O) groups is 1. The van der Waals surface area contributed by atoms with Crippen molar-refractivity contribution in [1.29, 1.82) is 0 Å². The Labute approximate surface area is 121 Å². The first-order chi connectivity index (χ1) is 9.65. The molecule has 112 valence electrons. The molecule has 1 aromatic heterocycles. The Morgan fingerprint density at radius 3 is 2.95 bits per heavy atom. The van der Waals surface area contributed by atoms with Crippen LogP contribution in [0.2, 0.25) is 0 Å². The molecule has 1 aliphatic heterocycles. The highest BCUT2D eigenvalue weighted by Crippen LogP contribution is 2.18. The molecule has 1 saturated heterocycles. The molecule has 0 aliphatic carbocycles. The molecule has 1 aromatic rings. The molecule has 0 saturated carbocycles. The van der Waals surface area contributed by atoms with Crippen molar-refractivity contribution in [1.82, 2.24) is 15.1 Å². The number of piperidine rings is 1. The molecule has 0 aromatic carbocycles. The van der Waals surface area contributed by atoms with Crippen molar-refractivity contribution in [3.63, 3.8) is 0 Å². The van der Waals surface area contributed by atoms with Gasteiger partial charge in [0, 0.05) is 19.0 Å². The van der Waals surface area contributed by atoms with E-state index in [2.05, 4.69) is 29.6 Å². The van der Waals surface area contributed by atoms with Crippen LogP contribution in [0.1, 0.15) is 39.5 Å². The van der Waals surface area contributed by atoms with E-state index in [4.69, 9.17) is 0 Å². The highest BCUT2D eigenvalue weighted by molar-refractivity contribution is 5.89. The molecule has 0 radical (unpaired) electrons. The fourth-order valence-corrected chi connectivity index (χ4v) is 2.64. The van der Waals surface area contributed by atoms with Crippen LogP contribution in [-0.2, 0) is 11.3 Å². The van der Waals surface area contributed by atoms with E-state index in [1.807, 2.05) is 10.7 Å². The van der Waals surface area contributed by atoms with Gasteiger partial charge in [-0.2, -0.15) is 5.10 Å². The Morgan fingerprint density at radius 1 is 1.50 bits per heavy atom. The maximum Gasteiger partial charge on any atom is 0.225 e. The summed E-state index contributed by atoms with van der Waals surface area (Å²) < 4.78 is 1.87. The molecule has 0 unspecified atom stereocenters. The van der Waals surface area contributed by atoms with Crippen LogP contribution in [-0.4, -0.2) is 28.8 Å². The maximum atomic E-state index is 12.0. The van der Waals surface area contributed by atoms with Gasteiger partial charge in [0.25, 0.3) is 0 Å². The summed E-state index contributed by atoms with van der Waals surface area (Å²) in [4.78, 5) is 12.0. The van der Waals surface area contributed by atoms with Crippen molar-refractivity contribution in [2.75, 3.05) is 18.4 Å². The number of anilines is 1. The quantitative estimate of drug-likeness (QED) is 0.839. The number of hydrogen-bond acceptors (Lipinski definition) is 3. The van der Waals surface area contributed by atoms with Crippen LogP contribution in [0.3, 0.4) is 0 Å². The van der Waals surface area contributed by atoms with Gasteiger partial charge >= 0.3 is 0 Å². The van der Waals surface area contributed by atoms with Crippen LogP contribution in [0.4, 0.5) is 5.82 Å². The molecule has 1 aliphatic rings. The molecule has 20 heavy (non-hydrogen) atoms. The van der Waals surface area contributed by atoms with Gasteiger partial charge in [-0.25, -0.2) is 4.68 Å². The van der Waals surface area contributed by atoms with E-state index in [0.717, 1.165) is 31.9 Å². The molecular formula is C15H26N4O. The highest BCUT2D eigenvalue weighted by atomic mass is 16.1. The number of rotatable bonds is 6. The first-order valence-electron chi connectivity index (χ1n) is 7.67. The van der Waals surface area contributed by atoms with E-state index >= 15 is 0 Å². The molecule has 2 N–H and O–H groups in total. The Hall–Kier alpha value is -1.36. The van der Waals surface area contributed by atoms with E-state index < -0.39 is 0 Å². The lowest BCUT2D eigenvalue weighted by Gasteiger charge is -2.22. The van der Waals surface area contributed by atoms with E-state index in [1.165, 1.54) is 12.8 Å². The zero-order valence-electron chi connectivity index (χ0n) is 12.6. The van der Waals surface area contributed by atoms with Crippen molar-refractivity contribution >= 4 is 11.7 Å². The highest BCUT2D eigenvalue weighted by Gasteiger charge is 2.15. The Morgan fingerprint density at radius 2 is 2.25 bits per heavy atom. The van der Waals surface area contributed by atoms with Crippen LogP contribution in [0.15, 0.2) is 12.3 Å². The first-order valence-corrected chi connectivity index (χ1v) is 7.67. The summed E-state index contributed by atoms with van der Waals surface area (Å²) in [6.07, 6.45) is 5.73. The van der Waals surface area contributed by atoms with Crippen LogP contribution in [0.5, 0.6) is 0 Å². The van der Waals surface area contributed by atoms with Crippen molar-refractivity contribution in [3.05, 3.63) is 12.3 Å². The number of aromatic nitrogens is 2. The minimum absolute atomic E-state index is 0.106. The van der Waals surface area contributed by atoms with Crippen molar-refractivity contribution in [2.45, 2.75) is 46.1 Å². The second-order valence-electron chi connectivity index (χ2n) is 6.07. The zero-order valence-corrected chi connectivity index (χ0v) is 12.6. The third kappa shape index (κ3) is 4.63. The molecule has 0 bridgehead atoms. The topological polar surface area (TPSA) is 59.0 Å². The second kappa shape index (κ2) is 7.43. The lowest BCUT2D eigenvalue weighted by molar-refractivity contribution is -0.116. The van der Waals surface area contributed by atoms with Gasteiger partial charge in [-0.05, 0) is 44.2 Å². The van der Waals surface area contributed by atoms with Crippen molar-refractivity contribution in [2.24, 2.45) is 11.8 Å². The molecule has 0 spiro atoms. The van der Waals surface area contributed by atoms with Gasteiger partial charge in [0.2, 0.25) is 5.91 Å². The Bertz CT molecular complexity index is 421. The first kappa shape index (κ1) is 15.0. The van der Waals surface area contributed by atoms with Gasteiger partial charge in [-0.15, -0.1) is 0 Å². The summed E-state index contributed by atoms with van der Waals surface area (Å²) in [5, 5.41) is 10.6. The van der Waals surface area contributed by atoms with E-state index in [-0.39, 0.29) is 5.91 Å². The largest absolute Gasteiger partial charge is 0.317 e. The molecule has 5 heteroatoms. The lowest BCUT2D eigenvalue weighted by atomic mass is 9.93. The summed E-state index contributed by atoms with van der Waals surface area (Å²) in [6, 6.07) is 1.87. The van der Waals surface area contributed by atoms with Crippen LogP contribution < -0.4 is 10.6 Å². The summed E-state index contributed by atoms with van der Waals surface area (Å²) in [5.41, 5.74) is 0. The molecule has 2 rings (SSSR count). The van der Waals surface area contributed by atoms with Gasteiger partial charge in [0.05, 0.1) is 6.20 Å². The number of hydrogen-bond donors (Lipinski definition) is 2. The lowest BCUT2D eigenvalue weighted by Crippen LogP contribution is -2.28. The summed E-state index contributed by atoms with van der Waals surface area (Å²) >= 11 is 0. The smallest absolute Gasteiger partial charge is 0.225 e. The average Bonchev–Trinajstić information content (AvgIpc) is 2.84. The van der Waals surface area contributed by atoms with Crippen LogP contribution in [0.25, 0.3) is 0 Å². The van der Waals surface area contributed by atoms with Crippen LogP contribution >= 0.6 is 0 Å². The summed E-state index contributed by atoms with van der Waals surface area (Å²) in [5.74, 6) is 2.13. The maximum absolute atomic E-state index is 12.0. The second-order valence-corrected chi connectivity index (χ2v) is 6.07. The SMILES string of the molecule is CC(C)Cn1nccc1NC(=O)CCC1CCNCC1. The standard InChI is InChI=1S/C15H26N4O/c1-12(2)11-19-14(7-10-17-19)18-15(20)4-3-13-5-8-16-9-6-13/h7,10,12-13,16H,3-6,8-9,11H2,1-2H3,(H,18,20). The Balaban J connectivity index is 1.77.